The van der Waals surface area contributed by atoms with Gasteiger partial charge < -0.3 is 4.90 Å². The highest BCUT2D eigenvalue weighted by molar-refractivity contribution is 7.89. The maximum absolute atomic E-state index is 13.3. The number of halogens is 1. The Morgan fingerprint density at radius 3 is 2.22 bits per heavy atom. The lowest BCUT2D eigenvalue weighted by molar-refractivity contribution is -0.384. The molecule has 0 spiro atoms. The number of hydrogen-bond acceptors (Lipinski definition) is 5. The molecule has 27 heavy (non-hydrogen) atoms. The molecule has 0 radical (unpaired) electrons. The Hall–Kier alpha value is -2.85. The van der Waals surface area contributed by atoms with Crippen molar-refractivity contribution >= 4 is 21.6 Å². The van der Waals surface area contributed by atoms with Gasteiger partial charge in [-0.05, 0) is 30.3 Å². The van der Waals surface area contributed by atoms with E-state index in [4.69, 9.17) is 0 Å². The van der Waals surface area contributed by atoms with Crippen LogP contribution in [0.5, 0.6) is 0 Å². The van der Waals surface area contributed by atoms with E-state index < -0.39 is 20.8 Å². The second kappa shape index (κ2) is 7.41. The van der Waals surface area contributed by atoms with Crippen LogP contribution in [0.3, 0.4) is 0 Å². The van der Waals surface area contributed by atoms with E-state index in [0.717, 1.165) is 18.2 Å². The number of carbonyl (C=O) groups is 1. The number of rotatable bonds is 4. The Morgan fingerprint density at radius 1 is 1.04 bits per heavy atom. The molecule has 1 aliphatic rings. The van der Waals surface area contributed by atoms with E-state index in [0.29, 0.717) is 0 Å². The smallest absolute Gasteiger partial charge is 0.269 e. The molecule has 0 unspecified atom stereocenters. The van der Waals surface area contributed by atoms with E-state index in [9.17, 15) is 27.7 Å². The second-order valence-corrected chi connectivity index (χ2v) is 7.90. The zero-order valence-electron chi connectivity index (χ0n) is 14.1. The van der Waals surface area contributed by atoms with E-state index in [1.807, 2.05) is 0 Å². The molecule has 1 amide bonds. The van der Waals surface area contributed by atoms with Crippen molar-refractivity contribution in [2.24, 2.45) is 0 Å². The Balaban J connectivity index is 1.69. The molecule has 3 rings (SSSR count). The Kier molecular flexibility index (Phi) is 5.19. The summed E-state index contributed by atoms with van der Waals surface area (Å²) in [7, 11) is -3.81. The molecule has 10 heteroatoms. The first kappa shape index (κ1) is 18.9. The molecule has 2 aromatic carbocycles. The van der Waals surface area contributed by atoms with Gasteiger partial charge in [0.1, 0.15) is 5.82 Å². The molecule has 1 aliphatic heterocycles. The van der Waals surface area contributed by atoms with Crippen molar-refractivity contribution in [3.05, 3.63) is 70.0 Å². The molecular formula is C17H16FN3O5S. The zero-order chi connectivity index (χ0) is 19.6. The minimum absolute atomic E-state index is 0.0435. The number of piperazine rings is 1. The summed E-state index contributed by atoms with van der Waals surface area (Å²) in [5, 5.41) is 10.7. The third-order valence-electron chi connectivity index (χ3n) is 4.28. The van der Waals surface area contributed by atoms with E-state index in [1.165, 1.54) is 39.5 Å². The molecule has 0 N–H and O–H groups in total. The Morgan fingerprint density at radius 2 is 1.67 bits per heavy atom. The molecule has 0 atom stereocenters. The number of nitrogens with zero attached hydrogens (tertiary/aromatic N) is 3. The standard InChI is InChI=1S/C17H16FN3O5S/c18-14-3-1-2-13(12-14)17(22)19-8-10-20(11-9-19)27(25,26)16-6-4-15(5-7-16)21(23)24/h1-7,12H,8-11H2. The van der Waals surface area contributed by atoms with Gasteiger partial charge >= 0.3 is 0 Å². The third kappa shape index (κ3) is 3.96. The number of carbonyl (C=O) groups excluding carboxylic acids is 1. The Labute approximate surface area is 155 Å². The van der Waals surface area contributed by atoms with Crippen LogP contribution in [0, 0.1) is 15.9 Å². The van der Waals surface area contributed by atoms with Gasteiger partial charge in [-0.25, -0.2) is 12.8 Å². The largest absolute Gasteiger partial charge is 0.336 e. The molecule has 0 aromatic heterocycles. The summed E-state index contributed by atoms with van der Waals surface area (Å²) < 4.78 is 39.8. The number of amides is 1. The summed E-state index contributed by atoms with van der Waals surface area (Å²) in [5.74, 6) is -0.873. The SMILES string of the molecule is O=C(c1cccc(F)c1)N1CCN(S(=O)(=O)c2ccc([N+](=O)[O-])cc2)CC1. The fourth-order valence-electron chi connectivity index (χ4n) is 2.82. The van der Waals surface area contributed by atoms with Gasteiger partial charge in [-0.15, -0.1) is 0 Å². The summed E-state index contributed by atoms with van der Waals surface area (Å²) in [6, 6.07) is 9.99. The predicted octanol–water partition coefficient (Wildman–Crippen LogP) is 1.88. The quantitative estimate of drug-likeness (QED) is 0.583. The van der Waals surface area contributed by atoms with Crippen molar-refractivity contribution < 1.29 is 22.5 Å². The third-order valence-corrected chi connectivity index (χ3v) is 6.20. The first-order valence-electron chi connectivity index (χ1n) is 8.08. The van der Waals surface area contributed by atoms with Crippen molar-refractivity contribution in [3.8, 4) is 0 Å². The van der Waals surface area contributed by atoms with Gasteiger partial charge in [0, 0.05) is 43.9 Å². The number of benzene rings is 2. The number of hydrogen-bond donors (Lipinski definition) is 0. The summed E-state index contributed by atoms with van der Waals surface area (Å²) in [6.45, 7) is 0.504. The summed E-state index contributed by atoms with van der Waals surface area (Å²) in [6.07, 6.45) is 0. The van der Waals surface area contributed by atoms with Gasteiger partial charge in [0.2, 0.25) is 10.0 Å². The van der Waals surface area contributed by atoms with Crippen LogP contribution in [0.15, 0.2) is 53.4 Å². The van der Waals surface area contributed by atoms with Crippen LogP contribution in [0.2, 0.25) is 0 Å². The molecule has 0 saturated carbocycles. The molecule has 0 bridgehead atoms. The van der Waals surface area contributed by atoms with Gasteiger partial charge in [0.25, 0.3) is 11.6 Å². The van der Waals surface area contributed by atoms with Crippen LogP contribution < -0.4 is 0 Å². The summed E-state index contributed by atoms with van der Waals surface area (Å²) >= 11 is 0. The highest BCUT2D eigenvalue weighted by Crippen LogP contribution is 2.21. The summed E-state index contributed by atoms with van der Waals surface area (Å²) in [5.41, 5.74) is 0.0149. The van der Waals surface area contributed by atoms with Gasteiger partial charge in [-0.3, -0.25) is 14.9 Å². The molecule has 142 valence electrons. The topological polar surface area (TPSA) is 101 Å². The highest BCUT2D eigenvalue weighted by atomic mass is 32.2. The van der Waals surface area contributed by atoms with Crippen LogP contribution in [0.1, 0.15) is 10.4 Å². The van der Waals surface area contributed by atoms with Crippen molar-refractivity contribution in [3.63, 3.8) is 0 Å². The number of nitro groups is 1. The lowest BCUT2D eigenvalue weighted by atomic mass is 10.2. The zero-order valence-corrected chi connectivity index (χ0v) is 14.9. The summed E-state index contributed by atoms with van der Waals surface area (Å²) in [4.78, 5) is 23.9. The predicted molar refractivity (Wildman–Crippen MR) is 94.2 cm³/mol. The van der Waals surface area contributed by atoms with Crippen molar-refractivity contribution in [2.75, 3.05) is 26.2 Å². The van der Waals surface area contributed by atoms with Gasteiger partial charge in [-0.1, -0.05) is 6.07 Å². The number of nitro benzene ring substituents is 1. The first-order valence-corrected chi connectivity index (χ1v) is 9.52. The average Bonchev–Trinajstić information content (AvgIpc) is 2.67. The van der Waals surface area contributed by atoms with E-state index in [2.05, 4.69) is 0 Å². The molecule has 1 heterocycles. The first-order chi connectivity index (χ1) is 12.8. The van der Waals surface area contributed by atoms with Crippen molar-refractivity contribution in [1.29, 1.82) is 0 Å². The van der Waals surface area contributed by atoms with Crippen LogP contribution in [-0.2, 0) is 10.0 Å². The van der Waals surface area contributed by atoms with Gasteiger partial charge in [0.05, 0.1) is 9.82 Å². The molecule has 1 saturated heterocycles. The second-order valence-electron chi connectivity index (χ2n) is 5.96. The molecule has 8 nitrogen and oxygen atoms in total. The fraction of sp³-hybridized carbons (Fsp3) is 0.235. The molecular weight excluding hydrogens is 377 g/mol. The lowest BCUT2D eigenvalue weighted by Gasteiger charge is -2.34. The molecule has 1 fully saturated rings. The number of sulfonamides is 1. The van der Waals surface area contributed by atoms with Gasteiger partial charge in [0.15, 0.2) is 0 Å². The van der Waals surface area contributed by atoms with Crippen molar-refractivity contribution in [2.45, 2.75) is 4.90 Å². The maximum Gasteiger partial charge on any atom is 0.269 e. The minimum atomic E-state index is -3.81. The fourth-order valence-corrected chi connectivity index (χ4v) is 4.25. The lowest BCUT2D eigenvalue weighted by Crippen LogP contribution is -2.50. The van der Waals surface area contributed by atoms with Crippen LogP contribution in [0.25, 0.3) is 0 Å². The minimum Gasteiger partial charge on any atom is -0.336 e. The normalized spacial score (nSPS) is 15.5. The van der Waals surface area contributed by atoms with E-state index >= 15 is 0 Å². The van der Waals surface area contributed by atoms with Crippen LogP contribution >= 0.6 is 0 Å². The average molecular weight is 393 g/mol. The Bertz CT molecular complexity index is 970. The monoisotopic (exact) mass is 393 g/mol. The van der Waals surface area contributed by atoms with E-state index in [-0.39, 0.29) is 48.2 Å². The van der Waals surface area contributed by atoms with Crippen LogP contribution in [0.4, 0.5) is 10.1 Å². The number of non-ortho nitro benzene ring substituents is 1. The molecule has 0 aliphatic carbocycles. The van der Waals surface area contributed by atoms with Crippen molar-refractivity contribution in [1.82, 2.24) is 9.21 Å². The van der Waals surface area contributed by atoms with Gasteiger partial charge in [-0.2, -0.15) is 4.31 Å². The molecule has 2 aromatic rings. The highest BCUT2D eigenvalue weighted by Gasteiger charge is 2.30. The van der Waals surface area contributed by atoms with E-state index in [1.54, 1.807) is 0 Å². The maximum atomic E-state index is 13.3. The van der Waals surface area contributed by atoms with Crippen LogP contribution in [-0.4, -0.2) is 54.6 Å².